The van der Waals surface area contributed by atoms with E-state index in [1.807, 2.05) is 78.9 Å². The number of hydrogen-bond donors (Lipinski definition) is 1. The molecule has 0 aliphatic carbocycles. The Balaban J connectivity index is 1.35. The summed E-state index contributed by atoms with van der Waals surface area (Å²) < 4.78 is 6.61. The molecule has 0 fully saturated rings. The van der Waals surface area contributed by atoms with Gasteiger partial charge in [0.2, 0.25) is 5.91 Å². The third-order valence-electron chi connectivity index (χ3n) is 5.11. The first kappa shape index (κ1) is 22.3. The Morgan fingerprint density at radius 2 is 1.76 bits per heavy atom. The lowest BCUT2D eigenvalue weighted by Crippen LogP contribution is -2.19. The minimum Gasteiger partial charge on any atom is -0.488 e. The molecule has 1 N–H and O–H groups in total. The first-order valence-corrected chi connectivity index (χ1v) is 11.1. The van der Waals surface area contributed by atoms with Crippen molar-refractivity contribution in [2.75, 3.05) is 0 Å². The fourth-order valence-corrected chi connectivity index (χ4v) is 3.97. The fourth-order valence-electron chi connectivity index (χ4n) is 3.46. The molecule has 0 unspecified atom stereocenters. The fraction of sp³-hybridized carbons (Fsp3) is 0.0741. The third kappa shape index (κ3) is 5.65. The molecule has 0 heterocycles. The number of benzene rings is 4. The molecule has 0 saturated carbocycles. The number of hydrogen-bond acceptors (Lipinski definition) is 4. The molecule has 1 amide bonds. The van der Waals surface area contributed by atoms with Gasteiger partial charge in [0, 0.05) is 5.56 Å². The zero-order valence-electron chi connectivity index (χ0n) is 17.7. The van der Waals surface area contributed by atoms with Crippen LogP contribution < -0.4 is 10.2 Å². The number of ether oxygens (including phenoxy) is 1. The molecular weight excluding hydrogens is 478 g/mol. The molecule has 4 aromatic rings. The molecule has 4 rings (SSSR count). The van der Waals surface area contributed by atoms with E-state index in [2.05, 4.69) is 32.5 Å². The normalized spacial score (nSPS) is 10.8. The molecule has 33 heavy (non-hydrogen) atoms. The van der Waals surface area contributed by atoms with Crippen LogP contribution in [0.4, 0.5) is 0 Å². The van der Waals surface area contributed by atoms with Crippen LogP contribution in [0.3, 0.4) is 0 Å². The molecule has 162 valence electrons. The second kappa shape index (κ2) is 10.6. The van der Waals surface area contributed by atoms with Crippen LogP contribution in [0.1, 0.15) is 22.3 Å². The summed E-state index contributed by atoms with van der Waals surface area (Å²) in [5.41, 5.74) is 5.77. The van der Waals surface area contributed by atoms with Crippen LogP contribution in [0.25, 0.3) is 10.8 Å². The average molecular weight is 498 g/mol. The lowest BCUT2D eigenvalue weighted by atomic mass is 10.0. The number of carbonyl (C=O) groups excluding carboxylic acids is 1. The summed E-state index contributed by atoms with van der Waals surface area (Å²) in [6.45, 7) is 0.292. The molecular formula is C27H20BrN3O2. The number of fused-ring (bicyclic) bond motifs is 1. The van der Waals surface area contributed by atoms with Gasteiger partial charge >= 0.3 is 0 Å². The van der Waals surface area contributed by atoms with Crippen LogP contribution in [-0.4, -0.2) is 12.1 Å². The predicted octanol–water partition coefficient (Wildman–Crippen LogP) is 5.75. The van der Waals surface area contributed by atoms with Crippen LogP contribution in [-0.2, 0) is 17.8 Å². The van der Waals surface area contributed by atoms with Gasteiger partial charge < -0.3 is 4.74 Å². The number of rotatable bonds is 7. The highest BCUT2D eigenvalue weighted by molar-refractivity contribution is 9.10. The van der Waals surface area contributed by atoms with Crippen LogP contribution in [0, 0.1) is 11.3 Å². The van der Waals surface area contributed by atoms with Crippen molar-refractivity contribution in [1.29, 1.82) is 5.26 Å². The van der Waals surface area contributed by atoms with Gasteiger partial charge in [-0.1, -0.05) is 60.7 Å². The number of halogens is 1. The van der Waals surface area contributed by atoms with Gasteiger partial charge in [0.25, 0.3) is 0 Å². The van der Waals surface area contributed by atoms with Crippen LogP contribution in [0.2, 0.25) is 0 Å². The van der Waals surface area contributed by atoms with Crippen molar-refractivity contribution < 1.29 is 9.53 Å². The molecule has 6 heteroatoms. The van der Waals surface area contributed by atoms with Crippen molar-refractivity contribution in [3.05, 3.63) is 112 Å². The number of nitrogens with zero attached hydrogens (tertiary/aromatic N) is 2. The topological polar surface area (TPSA) is 74.5 Å². The monoisotopic (exact) mass is 497 g/mol. The third-order valence-corrected chi connectivity index (χ3v) is 5.73. The van der Waals surface area contributed by atoms with Crippen LogP contribution in [0.5, 0.6) is 5.75 Å². The van der Waals surface area contributed by atoms with Gasteiger partial charge in [-0.3, -0.25) is 4.79 Å². The highest BCUT2D eigenvalue weighted by Crippen LogP contribution is 2.27. The van der Waals surface area contributed by atoms with Crippen molar-refractivity contribution in [2.24, 2.45) is 5.10 Å². The highest BCUT2D eigenvalue weighted by atomic mass is 79.9. The second-order valence-electron chi connectivity index (χ2n) is 7.36. The van der Waals surface area contributed by atoms with Crippen molar-refractivity contribution in [2.45, 2.75) is 13.0 Å². The summed E-state index contributed by atoms with van der Waals surface area (Å²) in [5, 5.41) is 15.5. The summed E-state index contributed by atoms with van der Waals surface area (Å²) in [6.07, 6.45) is 1.83. The van der Waals surface area contributed by atoms with E-state index in [4.69, 9.17) is 4.74 Å². The Morgan fingerprint density at radius 3 is 2.61 bits per heavy atom. The molecule has 0 aliphatic rings. The van der Waals surface area contributed by atoms with E-state index in [1.54, 1.807) is 12.3 Å². The van der Waals surface area contributed by atoms with E-state index in [9.17, 15) is 10.1 Å². The second-order valence-corrected chi connectivity index (χ2v) is 8.21. The van der Waals surface area contributed by atoms with Crippen LogP contribution in [0.15, 0.2) is 94.5 Å². The molecule has 0 aromatic heterocycles. The summed E-state index contributed by atoms with van der Waals surface area (Å²) in [5.74, 6) is 0.470. The molecule has 4 aromatic carbocycles. The van der Waals surface area contributed by atoms with Crippen molar-refractivity contribution in [1.82, 2.24) is 5.43 Å². The zero-order valence-corrected chi connectivity index (χ0v) is 19.2. The molecule has 0 spiro atoms. The summed E-state index contributed by atoms with van der Waals surface area (Å²) in [6, 6.07) is 29.0. The van der Waals surface area contributed by atoms with Crippen molar-refractivity contribution in [3.63, 3.8) is 0 Å². The van der Waals surface area contributed by atoms with Gasteiger partial charge in [0.1, 0.15) is 12.4 Å². The SMILES string of the molecule is N#Cc1ccccc1COc1ccc(/C=N/NC(=O)Cc2cccc3ccccc23)cc1Br. The summed E-state index contributed by atoms with van der Waals surface area (Å²) in [7, 11) is 0. The minimum absolute atomic E-state index is 0.183. The standard InChI is InChI=1S/C27H20BrN3O2/c28-25-14-19(12-13-26(25)33-18-23-8-2-1-7-22(23)16-29)17-30-31-27(32)15-21-10-5-9-20-6-3-4-11-24(20)21/h1-14,17H,15,18H2,(H,31,32)/b30-17+. The molecule has 0 atom stereocenters. The quantitative estimate of drug-likeness (QED) is 0.261. The molecule has 0 bridgehead atoms. The van der Waals surface area contributed by atoms with Gasteiger partial charge in [0.05, 0.1) is 28.7 Å². The molecule has 0 aliphatic heterocycles. The van der Waals surface area contributed by atoms with Gasteiger partial charge in [-0.05, 0) is 62.1 Å². The van der Waals surface area contributed by atoms with Gasteiger partial charge in [0.15, 0.2) is 0 Å². The molecule has 5 nitrogen and oxygen atoms in total. The van der Waals surface area contributed by atoms with Gasteiger partial charge in [-0.15, -0.1) is 0 Å². The first-order valence-electron chi connectivity index (χ1n) is 10.3. The number of amides is 1. The summed E-state index contributed by atoms with van der Waals surface area (Å²) >= 11 is 3.51. The largest absolute Gasteiger partial charge is 0.488 e. The van der Waals surface area contributed by atoms with E-state index in [0.29, 0.717) is 17.9 Å². The smallest absolute Gasteiger partial charge is 0.244 e. The Labute approximate surface area is 200 Å². The molecule has 0 saturated heterocycles. The van der Waals surface area contributed by atoms with E-state index >= 15 is 0 Å². The number of nitriles is 1. The molecule has 0 radical (unpaired) electrons. The Hall–Kier alpha value is -3.95. The number of hydrazone groups is 1. The number of nitrogens with one attached hydrogen (secondary N) is 1. The Kier molecular flexibility index (Phi) is 7.13. The highest BCUT2D eigenvalue weighted by Gasteiger charge is 2.07. The Bertz CT molecular complexity index is 1370. The van der Waals surface area contributed by atoms with E-state index in [0.717, 1.165) is 31.9 Å². The Morgan fingerprint density at radius 1 is 1.00 bits per heavy atom. The predicted molar refractivity (Wildman–Crippen MR) is 133 cm³/mol. The van der Waals surface area contributed by atoms with Crippen molar-refractivity contribution >= 4 is 38.8 Å². The van der Waals surface area contributed by atoms with Gasteiger partial charge in [-0.2, -0.15) is 10.4 Å². The maximum atomic E-state index is 12.4. The van der Waals surface area contributed by atoms with E-state index in [-0.39, 0.29) is 12.3 Å². The van der Waals surface area contributed by atoms with Crippen LogP contribution >= 0.6 is 15.9 Å². The van der Waals surface area contributed by atoms with E-state index < -0.39 is 0 Å². The average Bonchev–Trinajstić information content (AvgIpc) is 2.84. The lowest BCUT2D eigenvalue weighted by Gasteiger charge is -2.10. The summed E-state index contributed by atoms with van der Waals surface area (Å²) in [4.78, 5) is 12.4. The maximum Gasteiger partial charge on any atom is 0.244 e. The van der Waals surface area contributed by atoms with Gasteiger partial charge in [-0.25, -0.2) is 5.43 Å². The van der Waals surface area contributed by atoms with E-state index in [1.165, 1.54) is 0 Å². The van der Waals surface area contributed by atoms with Crippen molar-refractivity contribution in [3.8, 4) is 11.8 Å². The minimum atomic E-state index is -0.183. The lowest BCUT2D eigenvalue weighted by molar-refractivity contribution is -0.120. The maximum absolute atomic E-state index is 12.4. The zero-order chi connectivity index (χ0) is 23.0. The first-order chi connectivity index (χ1) is 16.1. The number of carbonyl (C=O) groups is 1.